The number of thiazole rings is 1. The van der Waals surface area contributed by atoms with Gasteiger partial charge in [-0.25, -0.2) is 9.37 Å². The van der Waals surface area contributed by atoms with Gasteiger partial charge in [-0.3, -0.25) is 14.5 Å². The molecule has 0 fully saturated rings. The molecule has 2 amide bonds. The second-order valence-corrected chi connectivity index (χ2v) is 8.42. The standard InChI is InChI=1S/C26H28FN3O3S/c1-3-4-17-33-22-12-9-20(10-13-22)15-16-28-25(32)14-11-21-18-34-26(29-21)30(19(2)31)24-8-6-5-7-23(24)27/h5-14,18H,3-4,15-17H2,1-2H3,(H,28,32)/b14-11+. The second-order valence-electron chi connectivity index (χ2n) is 7.58. The fraction of sp³-hybridized carbons (Fsp3) is 0.269. The first kappa shape index (κ1) is 25.1. The highest BCUT2D eigenvalue weighted by Gasteiger charge is 2.20. The number of nitrogens with zero attached hydrogens (tertiary/aromatic N) is 2. The average Bonchev–Trinajstić information content (AvgIpc) is 3.28. The van der Waals surface area contributed by atoms with Crippen LogP contribution in [0.4, 0.5) is 15.2 Å². The molecule has 0 atom stereocenters. The number of carbonyl (C=O) groups excluding carboxylic acids is 2. The van der Waals surface area contributed by atoms with E-state index in [0.29, 0.717) is 30.4 Å². The third-order valence-electron chi connectivity index (χ3n) is 4.92. The molecule has 34 heavy (non-hydrogen) atoms. The van der Waals surface area contributed by atoms with Crippen LogP contribution in [0, 0.1) is 5.82 Å². The van der Waals surface area contributed by atoms with E-state index in [1.807, 2.05) is 24.3 Å². The van der Waals surface area contributed by atoms with Crippen molar-refractivity contribution in [2.75, 3.05) is 18.1 Å². The predicted molar refractivity (Wildman–Crippen MR) is 134 cm³/mol. The Hall–Kier alpha value is -3.52. The Labute approximate surface area is 203 Å². The molecule has 6 nitrogen and oxygen atoms in total. The molecule has 0 saturated carbocycles. The summed E-state index contributed by atoms with van der Waals surface area (Å²) in [4.78, 5) is 29.9. The molecule has 0 aliphatic heterocycles. The van der Waals surface area contributed by atoms with Gasteiger partial charge >= 0.3 is 0 Å². The predicted octanol–water partition coefficient (Wildman–Crippen LogP) is 5.52. The molecule has 0 saturated heterocycles. The SMILES string of the molecule is CCCCOc1ccc(CCNC(=O)/C=C/c2csc(N(C(C)=O)c3ccccc3F)n2)cc1. The molecule has 0 radical (unpaired) electrons. The summed E-state index contributed by atoms with van der Waals surface area (Å²) in [5.41, 5.74) is 1.75. The molecule has 3 aromatic rings. The van der Waals surface area contributed by atoms with Crippen LogP contribution in [0.2, 0.25) is 0 Å². The van der Waals surface area contributed by atoms with Crippen LogP contribution in [0.1, 0.15) is 37.9 Å². The van der Waals surface area contributed by atoms with Gasteiger partial charge in [0.05, 0.1) is 18.0 Å². The highest BCUT2D eigenvalue weighted by atomic mass is 32.1. The maximum absolute atomic E-state index is 14.2. The van der Waals surface area contributed by atoms with E-state index in [-0.39, 0.29) is 17.5 Å². The van der Waals surface area contributed by atoms with E-state index >= 15 is 0 Å². The molecule has 1 N–H and O–H groups in total. The smallest absolute Gasteiger partial charge is 0.244 e. The van der Waals surface area contributed by atoms with Crippen LogP contribution in [0.25, 0.3) is 6.08 Å². The molecule has 3 rings (SSSR count). The second kappa shape index (κ2) is 12.6. The summed E-state index contributed by atoms with van der Waals surface area (Å²) < 4.78 is 19.8. The van der Waals surface area contributed by atoms with Crippen LogP contribution in [-0.4, -0.2) is 29.9 Å². The van der Waals surface area contributed by atoms with Crippen LogP contribution in [0.5, 0.6) is 5.75 Å². The van der Waals surface area contributed by atoms with Gasteiger partial charge in [-0.2, -0.15) is 0 Å². The van der Waals surface area contributed by atoms with Crippen molar-refractivity contribution in [2.24, 2.45) is 0 Å². The van der Waals surface area contributed by atoms with Crippen LogP contribution in [-0.2, 0) is 16.0 Å². The number of anilines is 2. The molecule has 178 valence electrons. The van der Waals surface area contributed by atoms with Crippen LogP contribution < -0.4 is 15.0 Å². The minimum absolute atomic E-state index is 0.137. The Bertz CT molecular complexity index is 1130. The molecule has 0 spiro atoms. The van der Waals surface area contributed by atoms with E-state index in [1.165, 1.54) is 41.4 Å². The van der Waals surface area contributed by atoms with Gasteiger partial charge in [0.15, 0.2) is 5.13 Å². The highest BCUT2D eigenvalue weighted by molar-refractivity contribution is 7.14. The van der Waals surface area contributed by atoms with E-state index in [0.717, 1.165) is 24.2 Å². The third kappa shape index (κ3) is 7.25. The lowest BCUT2D eigenvalue weighted by Crippen LogP contribution is -2.23. The minimum Gasteiger partial charge on any atom is -0.494 e. The van der Waals surface area contributed by atoms with Crippen molar-refractivity contribution in [2.45, 2.75) is 33.1 Å². The summed E-state index contributed by atoms with van der Waals surface area (Å²) in [5, 5.41) is 4.89. The lowest BCUT2D eigenvalue weighted by atomic mass is 10.1. The van der Waals surface area contributed by atoms with Gasteiger partial charge < -0.3 is 10.1 Å². The van der Waals surface area contributed by atoms with Crippen molar-refractivity contribution >= 4 is 40.0 Å². The number of ether oxygens (including phenoxy) is 1. The highest BCUT2D eigenvalue weighted by Crippen LogP contribution is 2.30. The number of amides is 2. The van der Waals surface area contributed by atoms with Crippen molar-refractivity contribution in [3.8, 4) is 5.75 Å². The van der Waals surface area contributed by atoms with E-state index in [2.05, 4.69) is 17.2 Å². The van der Waals surface area contributed by atoms with Crippen molar-refractivity contribution < 1.29 is 18.7 Å². The molecule has 2 aromatic carbocycles. The number of aromatic nitrogens is 1. The summed E-state index contributed by atoms with van der Waals surface area (Å²) in [6, 6.07) is 13.9. The lowest BCUT2D eigenvalue weighted by Gasteiger charge is -2.18. The fourth-order valence-electron chi connectivity index (χ4n) is 3.13. The molecular weight excluding hydrogens is 453 g/mol. The van der Waals surface area contributed by atoms with E-state index in [1.54, 1.807) is 23.6 Å². The van der Waals surface area contributed by atoms with Gasteiger partial charge in [-0.15, -0.1) is 11.3 Å². The summed E-state index contributed by atoms with van der Waals surface area (Å²) in [6.07, 6.45) is 5.79. The zero-order chi connectivity index (χ0) is 24.3. The topological polar surface area (TPSA) is 71.5 Å². The maximum Gasteiger partial charge on any atom is 0.244 e. The Morgan fingerprint density at radius 3 is 2.65 bits per heavy atom. The normalized spacial score (nSPS) is 10.9. The first-order chi connectivity index (χ1) is 16.5. The summed E-state index contributed by atoms with van der Waals surface area (Å²) >= 11 is 1.20. The zero-order valence-corrected chi connectivity index (χ0v) is 20.1. The largest absolute Gasteiger partial charge is 0.494 e. The van der Waals surface area contributed by atoms with Crippen LogP contribution in [0.15, 0.2) is 60.0 Å². The summed E-state index contributed by atoms with van der Waals surface area (Å²) in [5.74, 6) is -0.256. The number of hydrogen-bond donors (Lipinski definition) is 1. The first-order valence-corrected chi connectivity index (χ1v) is 12.0. The van der Waals surface area contributed by atoms with E-state index < -0.39 is 5.82 Å². The van der Waals surface area contributed by atoms with Gasteiger partial charge in [0, 0.05) is 24.9 Å². The molecule has 1 aromatic heterocycles. The summed E-state index contributed by atoms with van der Waals surface area (Å²) in [7, 11) is 0. The minimum atomic E-state index is -0.511. The Morgan fingerprint density at radius 2 is 1.94 bits per heavy atom. The van der Waals surface area contributed by atoms with Gasteiger partial charge in [0.1, 0.15) is 11.6 Å². The quantitative estimate of drug-likeness (QED) is 0.289. The molecule has 0 aliphatic rings. The van der Waals surface area contributed by atoms with Gasteiger partial charge in [-0.05, 0) is 48.7 Å². The molecule has 0 aliphatic carbocycles. The fourth-order valence-corrected chi connectivity index (χ4v) is 3.98. The van der Waals surface area contributed by atoms with Gasteiger partial charge in [0.2, 0.25) is 11.8 Å². The number of unbranched alkanes of at least 4 members (excludes halogenated alkanes) is 1. The van der Waals surface area contributed by atoms with E-state index in [4.69, 9.17) is 4.74 Å². The Balaban J connectivity index is 1.51. The van der Waals surface area contributed by atoms with Gasteiger partial charge in [0.25, 0.3) is 0 Å². The molecule has 8 heteroatoms. The monoisotopic (exact) mass is 481 g/mol. The lowest BCUT2D eigenvalue weighted by molar-refractivity contribution is -0.117. The Kier molecular flexibility index (Phi) is 9.34. The number of rotatable bonds is 11. The molecule has 0 unspecified atom stereocenters. The number of nitrogens with one attached hydrogen (secondary N) is 1. The van der Waals surface area contributed by atoms with Crippen LogP contribution >= 0.6 is 11.3 Å². The summed E-state index contributed by atoms with van der Waals surface area (Å²) in [6.45, 7) is 4.69. The molecular formula is C26H28FN3O3S. The molecule has 1 heterocycles. The Morgan fingerprint density at radius 1 is 1.18 bits per heavy atom. The number of para-hydroxylation sites is 1. The van der Waals surface area contributed by atoms with Crippen molar-refractivity contribution in [1.82, 2.24) is 10.3 Å². The van der Waals surface area contributed by atoms with Gasteiger partial charge in [-0.1, -0.05) is 37.6 Å². The number of carbonyl (C=O) groups is 2. The molecule has 0 bridgehead atoms. The van der Waals surface area contributed by atoms with Crippen LogP contribution in [0.3, 0.4) is 0 Å². The first-order valence-electron chi connectivity index (χ1n) is 11.2. The zero-order valence-electron chi connectivity index (χ0n) is 19.3. The number of halogens is 1. The number of benzene rings is 2. The third-order valence-corrected chi connectivity index (χ3v) is 5.76. The number of hydrogen-bond acceptors (Lipinski definition) is 5. The van der Waals surface area contributed by atoms with Crippen molar-refractivity contribution in [1.29, 1.82) is 0 Å². The van der Waals surface area contributed by atoms with Crippen molar-refractivity contribution in [3.05, 3.63) is 77.1 Å². The van der Waals surface area contributed by atoms with Crippen molar-refractivity contribution in [3.63, 3.8) is 0 Å². The van der Waals surface area contributed by atoms with E-state index in [9.17, 15) is 14.0 Å². The average molecular weight is 482 g/mol. The maximum atomic E-state index is 14.2.